The Bertz CT molecular complexity index is 3710. The van der Waals surface area contributed by atoms with Crippen molar-refractivity contribution >= 4 is 43.6 Å². The van der Waals surface area contributed by atoms with Gasteiger partial charge in [-0.1, -0.05) is 170 Å². The molecule has 0 fully saturated rings. The molecule has 3 aromatic heterocycles. The third-order valence-corrected chi connectivity index (χ3v) is 12.2. The molecule has 6 heteroatoms. The van der Waals surface area contributed by atoms with E-state index in [1.807, 2.05) is 78.9 Å². The summed E-state index contributed by atoms with van der Waals surface area (Å²) in [6, 6.07) is 77.9. The summed E-state index contributed by atoms with van der Waals surface area (Å²) < 4.78 is 4.49. The number of nitrogens with zero attached hydrogens (tertiary/aromatic N) is 6. The third-order valence-electron chi connectivity index (χ3n) is 12.2. The van der Waals surface area contributed by atoms with Crippen LogP contribution in [0.1, 0.15) is 5.56 Å². The number of rotatable bonds is 7. The minimum absolute atomic E-state index is 0.493. The average Bonchev–Trinajstić information content (AvgIpc) is 3.89. The van der Waals surface area contributed by atoms with Crippen LogP contribution in [0.15, 0.2) is 218 Å². The Morgan fingerprint density at radius 1 is 0.312 bits per heavy atom. The average molecular weight is 817 g/mol. The molecular formula is C58H36N6. The second-order valence-corrected chi connectivity index (χ2v) is 15.9. The molecule has 0 aliphatic carbocycles. The predicted molar refractivity (Wildman–Crippen MR) is 260 cm³/mol. The van der Waals surface area contributed by atoms with Gasteiger partial charge in [-0.25, -0.2) is 15.0 Å². The Balaban J connectivity index is 1.19. The Morgan fingerprint density at radius 2 is 0.703 bits per heavy atom. The van der Waals surface area contributed by atoms with E-state index in [9.17, 15) is 5.26 Å². The maximum absolute atomic E-state index is 11.3. The van der Waals surface area contributed by atoms with Gasteiger partial charge in [0.05, 0.1) is 39.0 Å². The molecule has 3 heterocycles. The van der Waals surface area contributed by atoms with Gasteiger partial charge < -0.3 is 9.13 Å². The zero-order chi connectivity index (χ0) is 42.6. The van der Waals surface area contributed by atoms with Crippen LogP contribution in [0.3, 0.4) is 0 Å². The standard InChI is InChI=1S/C58H36N6/c59-37-44-35-55(64-51-28-16-14-26-46(51)48-34-43(30-32-53(48)64)39-19-7-2-8-20-39)49(58-61-56(40-21-9-3-10-22-40)60-57(62-58)41-23-11-4-12-24-41)36-54(44)63-50-27-15-13-25-45(50)47-33-42(29-31-52(47)63)38-17-5-1-6-18-38/h1-36H. The molecule has 0 N–H and O–H groups in total. The van der Waals surface area contributed by atoms with Gasteiger partial charge in [-0.15, -0.1) is 0 Å². The highest BCUT2D eigenvalue weighted by atomic mass is 15.1. The quantitative estimate of drug-likeness (QED) is 0.161. The highest BCUT2D eigenvalue weighted by molar-refractivity contribution is 6.12. The van der Waals surface area contributed by atoms with Gasteiger partial charge in [-0.3, -0.25) is 0 Å². The molecule has 9 aromatic carbocycles. The van der Waals surface area contributed by atoms with Crippen LogP contribution >= 0.6 is 0 Å². The Labute approximate surface area is 369 Å². The highest BCUT2D eigenvalue weighted by Crippen LogP contribution is 2.42. The van der Waals surface area contributed by atoms with E-state index in [0.29, 0.717) is 23.0 Å². The maximum Gasteiger partial charge on any atom is 0.166 e. The summed E-state index contributed by atoms with van der Waals surface area (Å²) in [5, 5.41) is 15.7. The summed E-state index contributed by atoms with van der Waals surface area (Å²) >= 11 is 0. The highest BCUT2D eigenvalue weighted by Gasteiger charge is 2.24. The van der Waals surface area contributed by atoms with E-state index >= 15 is 0 Å². The molecule has 0 unspecified atom stereocenters. The summed E-state index contributed by atoms with van der Waals surface area (Å²) in [5.41, 5.74) is 13.1. The topological polar surface area (TPSA) is 72.3 Å². The van der Waals surface area contributed by atoms with Gasteiger partial charge in [0.15, 0.2) is 17.5 Å². The smallest absolute Gasteiger partial charge is 0.166 e. The Hall–Kier alpha value is -8.92. The molecule has 0 atom stereocenters. The molecule has 6 nitrogen and oxygen atoms in total. The van der Waals surface area contributed by atoms with Crippen molar-refractivity contribution in [2.75, 3.05) is 0 Å². The van der Waals surface area contributed by atoms with Gasteiger partial charge in [-0.05, 0) is 70.8 Å². The molecule has 12 aromatic rings. The maximum atomic E-state index is 11.3. The number of hydrogen-bond donors (Lipinski definition) is 0. The van der Waals surface area contributed by atoms with Crippen LogP contribution in [0.2, 0.25) is 0 Å². The Morgan fingerprint density at radius 3 is 1.17 bits per heavy atom. The van der Waals surface area contributed by atoms with Crippen molar-refractivity contribution in [1.29, 1.82) is 5.26 Å². The predicted octanol–water partition coefficient (Wildman–Crippen LogP) is 14.3. The minimum Gasteiger partial charge on any atom is -0.308 e. The van der Waals surface area contributed by atoms with E-state index in [1.165, 1.54) is 0 Å². The fourth-order valence-corrected chi connectivity index (χ4v) is 9.23. The lowest BCUT2D eigenvalue weighted by Gasteiger charge is -2.19. The van der Waals surface area contributed by atoms with Crippen LogP contribution in [0.5, 0.6) is 0 Å². The molecule has 0 amide bonds. The first-order chi connectivity index (χ1) is 31.7. The van der Waals surface area contributed by atoms with Crippen LogP contribution in [0, 0.1) is 11.3 Å². The van der Waals surface area contributed by atoms with Crippen molar-refractivity contribution in [3.05, 3.63) is 224 Å². The monoisotopic (exact) mass is 816 g/mol. The largest absolute Gasteiger partial charge is 0.308 e. The first-order valence-electron chi connectivity index (χ1n) is 21.3. The van der Waals surface area contributed by atoms with Crippen LogP contribution in [-0.4, -0.2) is 24.1 Å². The van der Waals surface area contributed by atoms with E-state index in [1.54, 1.807) is 0 Å². The van der Waals surface area contributed by atoms with Gasteiger partial charge in [-0.2, -0.15) is 5.26 Å². The van der Waals surface area contributed by atoms with Crippen LogP contribution in [-0.2, 0) is 0 Å². The SMILES string of the molecule is N#Cc1cc(-n2c3ccccc3c3cc(-c4ccccc4)ccc32)c(-c2nc(-c3ccccc3)nc(-c3ccccc3)n2)cc1-n1c2ccccc2c2cc(-c3ccccc3)ccc21. The van der Waals surface area contributed by atoms with E-state index in [4.69, 9.17) is 15.0 Å². The fraction of sp³-hybridized carbons (Fsp3) is 0. The lowest BCUT2D eigenvalue weighted by Crippen LogP contribution is -2.07. The molecule has 298 valence electrons. The molecule has 12 rings (SSSR count). The normalized spacial score (nSPS) is 11.4. The van der Waals surface area contributed by atoms with Crippen molar-refractivity contribution in [3.8, 4) is 73.9 Å². The lowest BCUT2D eigenvalue weighted by molar-refractivity contribution is 1.06. The number of para-hydroxylation sites is 2. The molecule has 0 saturated carbocycles. The Kier molecular flexibility index (Phi) is 8.77. The molecule has 0 aliphatic heterocycles. The van der Waals surface area contributed by atoms with Gasteiger partial charge in [0.25, 0.3) is 0 Å². The first-order valence-corrected chi connectivity index (χ1v) is 21.3. The summed E-state index contributed by atoms with van der Waals surface area (Å²) in [5.74, 6) is 1.61. The van der Waals surface area contributed by atoms with E-state index in [2.05, 4.69) is 155 Å². The molecule has 0 saturated heterocycles. The van der Waals surface area contributed by atoms with Gasteiger partial charge in [0, 0.05) is 38.2 Å². The number of hydrogen-bond acceptors (Lipinski definition) is 4. The lowest BCUT2D eigenvalue weighted by atomic mass is 10.0. The first kappa shape index (κ1) is 36.9. The van der Waals surface area contributed by atoms with Gasteiger partial charge >= 0.3 is 0 Å². The number of aromatic nitrogens is 5. The molecule has 0 spiro atoms. The van der Waals surface area contributed by atoms with E-state index in [0.717, 1.165) is 93.9 Å². The van der Waals surface area contributed by atoms with Crippen LogP contribution < -0.4 is 0 Å². The molecule has 0 aliphatic rings. The van der Waals surface area contributed by atoms with Crippen molar-refractivity contribution < 1.29 is 0 Å². The zero-order valence-electron chi connectivity index (χ0n) is 34.5. The van der Waals surface area contributed by atoms with Crippen molar-refractivity contribution in [2.45, 2.75) is 0 Å². The molecule has 0 bridgehead atoms. The summed E-state index contributed by atoms with van der Waals surface area (Å²) in [4.78, 5) is 15.7. The third kappa shape index (κ3) is 6.14. The van der Waals surface area contributed by atoms with Crippen molar-refractivity contribution in [1.82, 2.24) is 24.1 Å². The number of fused-ring (bicyclic) bond motifs is 6. The van der Waals surface area contributed by atoms with E-state index < -0.39 is 0 Å². The van der Waals surface area contributed by atoms with E-state index in [-0.39, 0.29) is 0 Å². The second kappa shape index (κ2) is 15.2. The number of nitriles is 1. The van der Waals surface area contributed by atoms with Crippen molar-refractivity contribution in [2.24, 2.45) is 0 Å². The zero-order valence-corrected chi connectivity index (χ0v) is 34.5. The summed E-state index contributed by atoms with van der Waals surface area (Å²) in [6.07, 6.45) is 0. The fourth-order valence-electron chi connectivity index (χ4n) is 9.23. The number of benzene rings is 9. The van der Waals surface area contributed by atoms with Crippen LogP contribution in [0.25, 0.3) is 111 Å². The van der Waals surface area contributed by atoms with Crippen molar-refractivity contribution in [3.63, 3.8) is 0 Å². The molecule has 64 heavy (non-hydrogen) atoms. The molecule has 0 radical (unpaired) electrons. The van der Waals surface area contributed by atoms with Gasteiger partial charge in [0.2, 0.25) is 0 Å². The second-order valence-electron chi connectivity index (χ2n) is 15.9. The van der Waals surface area contributed by atoms with Gasteiger partial charge in [0.1, 0.15) is 6.07 Å². The summed E-state index contributed by atoms with van der Waals surface area (Å²) in [7, 11) is 0. The van der Waals surface area contributed by atoms with Crippen LogP contribution in [0.4, 0.5) is 0 Å². The summed E-state index contributed by atoms with van der Waals surface area (Å²) in [6.45, 7) is 0. The minimum atomic E-state index is 0.493. The molecular weight excluding hydrogens is 781 g/mol.